The van der Waals surface area contributed by atoms with E-state index < -0.39 is 17.7 Å². The number of carbonyl (C=O) groups is 1. The van der Waals surface area contributed by atoms with E-state index in [0.29, 0.717) is 17.2 Å². The van der Waals surface area contributed by atoms with Crippen molar-refractivity contribution in [3.8, 4) is 0 Å². The van der Waals surface area contributed by atoms with Gasteiger partial charge in [0, 0.05) is 23.8 Å². The van der Waals surface area contributed by atoms with Gasteiger partial charge in [0.25, 0.3) is 0 Å². The van der Waals surface area contributed by atoms with Crippen molar-refractivity contribution in [3.05, 3.63) is 47.2 Å². The zero-order valence-electron chi connectivity index (χ0n) is 16.1. The SMILES string of the molecule is CC1=C(C(=O)c2ccccc2)O[C@@H]2O[C@@]3(C)CC[C@H]4[C@H](C)CC[C@@H]1[C@@]24OO3. The first kappa shape index (κ1) is 17.4. The monoisotopic (exact) mass is 370 g/mol. The summed E-state index contributed by atoms with van der Waals surface area (Å²) in [6.07, 6.45) is 3.16. The Hall–Kier alpha value is -1.69. The summed E-state index contributed by atoms with van der Waals surface area (Å²) in [6.45, 7) is 6.17. The minimum absolute atomic E-state index is 0.0581. The highest BCUT2D eigenvalue weighted by Crippen LogP contribution is 2.60. The molecule has 5 nitrogen and oxygen atoms in total. The quantitative estimate of drug-likeness (QED) is 0.571. The van der Waals surface area contributed by atoms with Crippen LogP contribution < -0.4 is 0 Å². The largest absolute Gasteiger partial charge is 0.457 e. The fraction of sp³-hybridized carbons (Fsp3) is 0.591. The molecule has 1 spiro atoms. The fourth-order valence-electron chi connectivity index (χ4n) is 5.57. The summed E-state index contributed by atoms with van der Waals surface area (Å²) in [6, 6.07) is 9.29. The smallest absolute Gasteiger partial charge is 0.236 e. The van der Waals surface area contributed by atoms with Crippen molar-refractivity contribution >= 4 is 5.78 Å². The maximum atomic E-state index is 13.2. The summed E-state index contributed by atoms with van der Waals surface area (Å²) in [5.41, 5.74) is 0.915. The van der Waals surface area contributed by atoms with Gasteiger partial charge in [0.15, 0.2) is 11.4 Å². The lowest BCUT2D eigenvalue weighted by molar-refractivity contribution is -0.555. The number of Topliss-reactive ketones (excluding diaryl/α,β-unsaturated/α-hetero) is 1. The van der Waals surface area contributed by atoms with Crippen LogP contribution in [0.2, 0.25) is 0 Å². The molecule has 1 aliphatic carbocycles. The molecule has 0 N–H and O–H groups in total. The lowest BCUT2D eigenvalue weighted by Gasteiger charge is -2.57. The minimum Gasteiger partial charge on any atom is -0.457 e. The van der Waals surface area contributed by atoms with E-state index in [1.165, 1.54) is 0 Å². The lowest BCUT2D eigenvalue weighted by Crippen LogP contribution is -2.66. The molecule has 3 saturated heterocycles. The number of allylic oxidation sites excluding steroid dienone is 1. The third-order valence-corrected chi connectivity index (χ3v) is 7.07. The molecule has 6 rings (SSSR count). The highest BCUT2D eigenvalue weighted by Gasteiger charge is 2.68. The summed E-state index contributed by atoms with van der Waals surface area (Å²) in [7, 11) is 0. The van der Waals surface area contributed by atoms with Gasteiger partial charge in [-0.3, -0.25) is 4.79 Å². The first-order valence-electron chi connectivity index (χ1n) is 9.96. The molecule has 4 fully saturated rings. The van der Waals surface area contributed by atoms with E-state index in [9.17, 15) is 4.79 Å². The van der Waals surface area contributed by atoms with Gasteiger partial charge in [-0.15, -0.1) is 0 Å². The number of ketones is 1. The molecule has 0 aromatic heterocycles. The molecule has 0 unspecified atom stereocenters. The molecule has 4 heterocycles. The summed E-state index contributed by atoms with van der Waals surface area (Å²) in [5, 5.41) is 0. The second-order valence-corrected chi connectivity index (χ2v) is 8.68. The van der Waals surface area contributed by atoms with Crippen LogP contribution in [0.15, 0.2) is 41.7 Å². The fourth-order valence-corrected chi connectivity index (χ4v) is 5.57. The summed E-state index contributed by atoms with van der Waals surface area (Å²) in [5.74, 6) is 0.336. The number of benzene rings is 1. The number of rotatable bonds is 2. The van der Waals surface area contributed by atoms with Gasteiger partial charge in [-0.25, -0.2) is 9.78 Å². The average molecular weight is 370 g/mol. The van der Waals surface area contributed by atoms with Crippen molar-refractivity contribution in [1.82, 2.24) is 0 Å². The third kappa shape index (κ3) is 2.38. The van der Waals surface area contributed by atoms with Crippen LogP contribution in [0.25, 0.3) is 0 Å². The van der Waals surface area contributed by atoms with Gasteiger partial charge in [0.1, 0.15) is 0 Å². The predicted octanol–water partition coefficient (Wildman–Crippen LogP) is 4.39. The van der Waals surface area contributed by atoms with Crippen LogP contribution in [-0.2, 0) is 19.2 Å². The molecule has 1 aromatic rings. The minimum atomic E-state index is -0.830. The van der Waals surface area contributed by atoms with Gasteiger partial charge in [0.05, 0.1) is 0 Å². The highest BCUT2D eigenvalue weighted by molar-refractivity contribution is 6.07. The molecule has 4 aliphatic heterocycles. The molecule has 5 aliphatic rings. The van der Waals surface area contributed by atoms with E-state index in [-0.39, 0.29) is 17.6 Å². The van der Waals surface area contributed by atoms with Crippen molar-refractivity contribution in [1.29, 1.82) is 0 Å². The number of hydrogen-bond donors (Lipinski definition) is 0. The van der Waals surface area contributed by atoms with E-state index in [4.69, 9.17) is 19.2 Å². The summed E-state index contributed by atoms with van der Waals surface area (Å²) >= 11 is 0. The molecule has 27 heavy (non-hydrogen) atoms. The third-order valence-electron chi connectivity index (χ3n) is 7.07. The molecule has 1 aromatic carbocycles. The van der Waals surface area contributed by atoms with E-state index in [1.807, 2.05) is 44.2 Å². The molecule has 6 atom stereocenters. The number of carbonyl (C=O) groups excluding carboxylic acids is 1. The van der Waals surface area contributed by atoms with Crippen molar-refractivity contribution in [2.24, 2.45) is 17.8 Å². The van der Waals surface area contributed by atoms with Crippen LogP contribution in [0.1, 0.15) is 56.8 Å². The Morgan fingerprint density at radius 3 is 2.67 bits per heavy atom. The van der Waals surface area contributed by atoms with Crippen molar-refractivity contribution in [3.63, 3.8) is 0 Å². The van der Waals surface area contributed by atoms with Gasteiger partial charge in [-0.05, 0) is 44.6 Å². The Kier molecular flexibility index (Phi) is 3.81. The van der Waals surface area contributed by atoms with Gasteiger partial charge >= 0.3 is 0 Å². The second kappa shape index (κ2) is 5.90. The number of ether oxygens (including phenoxy) is 2. The molecule has 2 bridgehead atoms. The van der Waals surface area contributed by atoms with Crippen LogP contribution in [-0.4, -0.2) is 23.5 Å². The first-order chi connectivity index (χ1) is 12.9. The molecule has 5 heteroatoms. The van der Waals surface area contributed by atoms with Crippen molar-refractivity contribution in [2.75, 3.05) is 0 Å². The normalized spacial score (nSPS) is 42.9. The topological polar surface area (TPSA) is 54.0 Å². The van der Waals surface area contributed by atoms with E-state index in [2.05, 4.69) is 6.92 Å². The van der Waals surface area contributed by atoms with Gasteiger partial charge < -0.3 is 9.47 Å². The highest BCUT2D eigenvalue weighted by atomic mass is 17.3. The van der Waals surface area contributed by atoms with Crippen LogP contribution >= 0.6 is 0 Å². The predicted molar refractivity (Wildman–Crippen MR) is 97.3 cm³/mol. The average Bonchev–Trinajstić information content (AvgIpc) is 2.91. The lowest BCUT2D eigenvalue weighted by atomic mass is 9.59. The first-order valence-corrected chi connectivity index (χ1v) is 9.96. The maximum Gasteiger partial charge on any atom is 0.236 e. The zero-order valence-corrected chi connectivity index (χ0v) is 16.1. The van der Waals surface area contributed by atoms with E-state index >= 15 is 0 Å². The Balaban J connectivity index is 1.62. The van der Waals surface area contributed by atoms with Gasteiger partial charge in [0.2, 0.25) is 17.9 Å². The van der Waals surface area contributed by atoms with E-state index in [0.717, 1.165) is 31.3 Å². The molecule has 1 saturated carbocycles. The van der Waals surface area contributed by atoms with Crippen LogP contribution in [0.3, 0.4) is 0 Å². The van der Waals surface area contributed by atoms with Gasteiger partial charge in [-0.1, -0.05) is 37.3 Å². The van der Waals surface area contributed by atoms with Crippen molar-refractivity contribution in [2.45, 2.75) is 64.1 Å². The Morgan fingerprint density at radius 2 is 1.89 bits per heavy atom. The number of hydrogen-bond acceptors (Lipinski definition) is 5. The molecule has 144 valence electrons. The summed E-state index contributed by atoms with van der Waals surface area (Å²) in [4.78, 5) is 25.1. The Labute approximate surface area is 159 Å². The Morgan fingerprint density at radius 1 is 1.11 bits per heavy atom. The van der Waals surface area contributed by atoms with Crippen LogP contribution in [0.4, 0.5) is 0 Å². The van der Waals surface area contributed by atoms with E-state index in [1.54, 1.807) is 0 Å². The second-order valence-electron chi connectivity index (χ2n) is 8.68. The van der Waals surface area contributed by atoms with Gasteiger partial charge in [-0.2, -0.15) is 0 Å². The van der Waals surface area contributed by atoms with Crippen LogP contribution in [0.5, 0.6) is 0 Å². The molecular weight excluding hydrogens is 344 g/mol. The summed E-state index contributed by atoms with van der Waals surface area (Å²) < 4.78 is 12.6. The Bertz CT molecular complexity index is 802. The number of fused-ring (bicyclic) bond motifs is 2. The molecular formula is C22H26O5. The van der Waals surface area contributed by atoms with Crippen molar-refractivity contribution < 1.29 is 24.0 Å². The standard InChI is InChI=1S/C22H26O5/c1-13-9-10-17-14(2)19(18(23)15-7-5-4-6-8-15)24-20-22(17)16(13)11-12-21(3,25-20)26-27-22/h4-8,13,16-17,20H,9-12H2,1-3H3/t13-,16+,17+,20-,21-,22-/m1/s1. The molecule has 0 radical (unpaired) electrons. The van der Waals surface area contributed by atoms with Crippen LogP contribution in [0, 0.1) is 17.8 Å². The maximum absolute atomic E-state index is 13.2. The molecule has 0 amide bonds. The zero-order chi connectivity index (χ0) is 18.8.